The summed E-state index contributed by atoms with van der Waals surface area (Å²) in [7, 11) is 1.58. The van der Waals surface area contributed by atoms with Gasteiger partial charge in [-0.3, -0.25) is 9.67 Å². The molecule has 0 radical (unpaired) electrons. The maximum Gasteiger partial charge on any atom is 0.183 e. The number of hydrogen-bond donors (Lipinski definition) is 1. The van der Waals surface area contributed by atoms with Gasteiger partial charge in [0.15, 0.2) is 17.4 Å². The number of ether oxygens (including phenoxy) is 1. The van der Waals surface area contributed by atoms with E-state index in [1.165, 1.54) is 0 Å². The Balaban J connectivity index is 1.60. The molecule has 0 unspecified atom stereocenters. The molecule has 0 bridgehead atoms. The number of nitrogens with one attached hydrogen (secondary N) is 1. The average molecular weight is 491 g/mol. The molecule has 0 aliphatic heterocycles. The maximum atomic E-state index is 6.58. The molecule has 3 heterocycles. The van der Waals surface area contributed by atoms with Gasteiger partial charge in [0.05, 0.1) is 30.4 Å². The Morgan fingerprint density at radius 2 is 1.82 bits per heavy atom. The normalized spacial score (nSPS) is 11.1. The van der Waals surface area contributed by atoms with E-state index in [2.05, 4.69) is 15.3 Å². The molecule has 0 aliphatic rings. The molecule has 7 nitrogen and oxygen atoms in total. The zero-order valence-corrected chi connectivity index (χ0v) is 20.0. The number of fused-ring (bicyclic) bond motifs is 1. The molecular weight excluding hydrogens is 471 g/mol. The highest BCUT2D eigenvalue weighted by Crippen LogP contribution is 2.33. The predicted molar refractivity (Wildman–Crippen MR) is 135 cm³/mol. The van der Waals surface area contributed by atoms with Gasteiger partial charge >= 0.3 is 0 Å². The van der Waals surface area contributed by atoms with Crippen LogP contribution in [0.15, 0.2) is 67.1 Å². The van der Waals surface area contributed by atoms with Gasteiger partial charge in [-0.1, -0.05) is 47.5 Å². The fourth-order valence-electron chi connectivity index (χ4n) is 3.72. The van der Waals surface area contributed by atoms with Crippen LogP contribution in [0, 0.1) is 6.92 Å². The Hall–Kier alpha value is -3.68. The number of nitrogens with zero attached hydrogens (tertiary/aromatic N) is 5. The standard InChI is InChI=1S/C25H20Cl2N6O/c1-15-7-8-19(26)18(22(15)27)14-33-20-6-4-3-5-17(20)23(32-33)25-29-13-21(34-2)24(31-25)30-16-9-11-28-12-10-16/h3-13H,14H2,1-2H3,(H,28,29,30,31). The minimum Gasteiger partial charge on any atom is -0.491 e. The number of aryl methyl sites for hydroxylation is 1. The number of hydrogen-bond acceptors (Lipinski definition) is 6. The van der Waals surface area contributed by atoms with Gasteiger partial charge in [-0.15, -0.1) is 0 Å². The van der Waals surface area contributed by atoms with E-state index in [-0.39, 0.29) is 0 Å². The van der Waals surface area contributed by atoms with Crippen molar-refractivity contribution in [2.75, 3.05) is 12.4 Å². The van der Waals surface area contributed by atoms with Crippen LogP contribution >= 0.6 is 23.2 Å². The highest BCUT2D eigenvalue weighted by atomic mass is 35.5. The van der Waals surface area contributed by atoms with Crippen LogP contribution in [0.5, 0.6) is 5.75 Å². The van der Waals surface area contributed by atoms with E-state index in [0.717, 1.165) is 27.7 Å². The number of anilines is 2. The molecule has 0 spiro atoms. The number of aromatic nitrogens is 5. The number of para-hydroxylation sites is 1. The van der Waals surface area contributed by atoms with Crippen LogP contribution in [0.3, 0.4) is 0 Å². The largest absolute Gasteiger partial charge is 0.491 e. The SMILES string of the molecule is COc1cnc(-c2nn(Cc3c(Cl)ccc(C)c3Cl)c3ccccc23)nc1Nc1ccncc1. The zero-order chi connectivity index (χ0) is 23.7. The molecular formula is C25H20Cl2N6O. The number of benzene rings is 2. The number of halogens is 2. The van der Waals surface area contributed by atoms with Gasteiger partial charge in [0.25, 0.3) is 0 Å². The summed E-state index contributed by atoms with van der Waals surface area (Å²) >= 11 is 13.1. The van der Waals surface area contributed by atoms with Crippen LogP contribution < -0.4 is 10.1 Å². The van der Waals surface area contributed by atoms with Gasteiger partial charge in [0.1, 0.15) is 5.69 Å². The van der Waals surface area contributed by atoms with Crippen LogP contribution in [-0.4, -0.2) is 31.8 Å². The van der Waals surface area contributed by atoms with Crippen molar-refractivity contribution in [2.45, 2.75) is 13.5 Å². The molecule has 5 aromatic rings. The van der Waals surface area contributed by atoms with E-state index in [1.807, 2.05) is 60.1 Å². The van der Waals surface area contributed by atoms with Crippen molar-refractivity contribution in [1.82, 2.24) is 24.7 Å². The summed E-state index contributed by atoms with van der Waals surface area (Å²) in [5.74, 6) is 1.51. The minimum atomic E-state index is 0.415. The molecule has 0 fully saturated rings. The Kier molecular flexibility index (Phi) is 6.04. The highest BCUT2D eigenvalue weighted by molar-refractivity contribution is 6.36. The van der Waals surface area contributed by atoms with Gasteiger partial charge in [0.2, 0.25) is 0 Å². The highest BCUT2D eigenvalue weighted by Gasteiger charge is 2.19. The lowest BCUT2D eigenvalue weighted by Crippen LogP contribution is -2.05. The first-order valence-corrected chi connectivity index (χ1v) is 11.3. The Labute approximate surface area is 206 Å². The fraction of sp³-hybridized carbons (Fsp3) is 0.120. The molecule has 2 aromatic carbocycles. The molecule has 0 saturated heterocycles. The fourth-order valence-corrected chi connectivity index (χ4v) is 4.21. The summed E-state index contributed by atoms with van der Waals surface area (Å²) in [6, 6.07) is 15.4. The molecule has 0 amide bonds. The van der Waals surface area contributed by atoms with Crippen LogP contribution in [-0.2, 0) is 6.54 Å². The predicted octanol–water partition coefficient (Wildman–Crippen LogP) is 6.30. The molecule has 0 aliphatic carbocycles. The number of methoxy groups -OCH3 is 1. The van der Waals surface area contributed by atoms with Gasteiger partial charge in [-0.25, -0.2) is 9.97 Å². The summed E-state index contributed by atoms with van der Waals surface area (Å²) in [5, 5.41) is 10.3. The van der Waals surface area contributed by atoms with E-state index >= 15 is 0 Å². The van der Waals surface area contributed by atoms with Gasteiger partial charge in [-0.2, -0.15) is 5.10 Å². The number of rotatable bonds is 6. The topological polar surface area (TPSA) is 77.8 Å². The van der Waals surface area contributed by atoms with Crippen LogP contribution in [0.4, 0.5) is 11.5 Å². The third-order valence-corrected chi connectivity index (χ3v) is 6.36. The second-order valence-electron chi connectivity index (χ2n) is 7.65. The van der Waals surface area contributed by atoms with Crippen LogP contribution in [0.25, 0.3) is 22.4 Å². The van der Waals surface area contributed by atoms with Crippen LogP contribution in [0.2, 0.25) is 10.0 Å². The van der Waals surface area contributed by atoms with E-state index in [1.54, 1.807) is 25.7 Å². The van der Waals surface area contributed by atoms with Crippen molar-refractivity contribution < 1.29 is 4.74 Å². The van der Waals surface area contributed by atoms with Crippen molar-refractivity contribution in [3.05, 3.63) is 88.3 Å². The van der Waals surface area contributed by atoms with Gasteiger partial charge in [0, 0.05) is 34.1 Å². The summed E-state index contributed by atoms with van der Waals surface area (Å²) in [6.07, 6.45) is 5.04. The molecule has 9 heteroatoms. The summed E-state index contributed by atoms with van der Waals surface area (Å²) in [6.45, 7) is 2.37. The summed E-state index contributed by atoms with van der Waals surface area (Å²) in [4.78, 5) is 13.3. The lowest BCUT2D eigenvalue weighted by atomic mass is 10.1. The Bertz CT molecular complexity index is 1490. The quantitative estimate of drug-likeness (QED) is 0.300. The lowest BCUT2D eigenvalue weighted by molar-refractivity contribution is 0.413. The molecule has 5 rings (SSSR count). The van der Waals surface area contributed by atoms with Gasteiger partial charge < -0.3 is 10.1 Å². The lowest BCUT2D eigenvalue weighted by Gasteiger charge is -2.11. The Morgan fingerprint density at radius 1 is 1.03 bits per heavy atom. The molecule has 3 aromatic heterocycles. The Morgan fingerprint density at radius 3 is 2.62 bits per heavy atom. The second kappa shape index (κ2) is 9.29. The third-order valence-electron chi connectivity index (χ3n) is 5.47. The monoisotopic (exact) mass is 490 g/mol. The maximum absolute atomic E-state index is 6.58. The molecule has 170 valence electrons. The van der Waals surface area contributed by atoms with Crippen molar-refractivity contribution >= 4 is 45.6 Å². The van der Waals surface area contributed by atoms with Crippen molar-refractivity contribution in [3.63, 3.8) is 0 Å². The zero-order valence-electron chi connectivity index (χ0n) is 18.5. The molecule has 0 atom stereocenters. The molecule has 34 heavy (non-hydrogen) atoms. The van der Waals surface area contributed by atoms with Crippen molar-refractivity contribution in [3.8, 4) is 17.3 Å². The second-order valence-corrected chi connectivity index (χ2v) is 8.44. The summed E-state index contributed by atoms with van der Waals surface area (Å²) in [5.41, 5.74) is 4.18. The van der Waals surface area contributed by atoms with Crippen molar-refractivity contribution in [2.24, 2.45) is 0 Å². The number of pyridine rings is 1. The average Bonchev–Trinajstić information content (AvgIpc) is 3.23. The van der Waals surface area contributed by atoms with E-state index in [9.17, 15) is 0 Å². The first-order valence-electron chi connectivity index (χ1n) is 10.5. The molecule has 0 saturated carbocycles. The smallest absolute Gasteiger partial charge is 0.183 e. The van der Waals surface area contributed by atoms with E-state index in [4.69, 9.17) is 38.0 Å². The van der Waals surface area contributed by atoms with Crippen LogP contribution in [0.1, 0.15) is 11.1 Å². The molecule has 1 N–H and O–H groups in total. The summed E-state index contributed by atoms with van der Waals surface area (Å²) < 4.78 is 7.34. The first-order chi connectivity index (χ1) is 16.5. The third kappa shape index (κ3) is 4.16. The minimum absolute atomic E-state index is 0.415. The van der Waals surface area contributed by atoms with E-state index < -0.39 is 0 Å². The van der Waals surface area contributed by atoms with E-state index in [0.29, 0.717) is 39.7 Å². The first kappa shape index (κ1) is 22.1. The van der Waals surface area contributed by atoms with Gasteiger partial charge in [-0.05, 0) is 36.8 Å². The van der Waals surface area contributed by atoms with Crippen molar-refractivity contribution in [1.29, 1.82) is 0 Å².